The molecule has 1 aliphatic heterocycles. The zero-order chi connectivity index (χ0) is 13.0. The van der Waals surface area contributed by atoms with Gasteiger partial charge >= 0.3 is 0 Å². The van der Waals surface area contributed by atoms with Crippen molar-refractivity contribution < 1.29 is 9.84 Å². The van der Waals surface area contributed by atoms with Crippen LogP contribution in [0.4, 0.5) is 0 Å². The van der Waals surface area contributed by atoms with Crippen molar-refractivity contribution in [1.82, 2.24) is 4.90 Å². The molecule has 1 fully saturated rings. The van der Waals surface area contributed by atoms with E-state index in [4.69, 9.17) is 4.74 Å². The lowest BCUT2D eigenvalue weighted by Crippen LogP contribution is -2.44. The molecule has 1 saturated heterocycles. The molecule has 3 nitrogen and oxygen atoms in total. The van der Waals surface area contributed by atoms with Crippen LogP contribution in [-0.2, 0) is 5.60 Å². The van der Waals surface area contributed by atoms with Crippen LogP contribution in [0.15, 0.2) is 24.3 Å². The maximum atomic E-state index is 10.7. The van der Waals surface area contributed by atoms with Crippen molar-refractivity contribution in [1.29, 1.82) is 0 Å². The molecule has 0 saturated carbocycles. The standard InChI is InChI=1S/C15H23NO2/c1-3-11-18-14-7-5-13(6-8-14)15(17)9-4-10-16(2)12-15/h5-8,17H,3-4,9-12H2,1-2H3. The Labute approximate surface area is 109 Å². The van der Waals surface area contributed by atoms with E-state index < -0.39 is 5.60 Å². The molecule has 0 spiro atoms. The molecule has 0 aliphatic carbocycles. The summed E-state index contributed by atoms with van der Waals surface area (Å²) in [5.74, 6) is 0.883. The summed E-state index contributed by atoms with van der Waals surface area (Å²) in [6.07, 6.45) is 2.89. The minimum atomic E-state index is -0.698. The second-order valence-corrected chi connectivity index (χ2v) is 5.25. The van der Waals surface area contributed by atoms with Crippen LogP contribution in [-0.4, -0.2) is 36.8 Å². The molecule has 3 heteroatoms. The normalized spacial score (nSPS) is 25.1. The van der Waals surface area contributed by atoms with Gasteiger partial charge in [0.05, 0.1) is 6.61 Å². The molecule has 0 aromatic heterocycles. The Morgan fingerprint density at radius 3 is 2.67 bits per heavy atom. The van der Waals surface area contributed by atoms with Gasteiger partial charge < -0.3 is 14.7 Å². The molecular weight excluding hydrogens is 226 g/mol. The molecule has 1 atom stereocenters. The highest BCUT2D eigenvalue weighted by molar-refractivity contribution is 5.31. The quantitative estimate of drug-likeness (QED) is 0.889. The number of aliphatic hydroxyl groups is 1. The first kappa shape index (κ1) is 13.4. The van der Waals surface area contributed by atoms with Crippen LogP contribution in [0.5, 0.6) is 5.75 Å². The molecule has 1 aromatic rings. The van der Waals surface area contributed by atoms with Crippen molar-refractivity contribution in [2.75, 3.05) is 26.7 Å². The van der Waals surface area contributed by atoms with Gasteiger partial charge in [0.2, 0.25) is 0 Å². The molecule has 18 heavy (non-hydrogen) atoms. The molecule has 100 valence electrons. The first-order valence-electron chi connectivity index (χ1n) is 6.78. The van der Waals surface area contributed by atoms with Crippen molar-refractivity contribution in [3.05, 3.63) is 29.8 Å². The van der Waals surface area contributed by atoms with Crippen LogP contribution in [0.3, 0.4) is 0 Å². The molecule has 0 amide bonds. The zero-order valence-corrected chi connectivity index (χ0v) is 11.4. The average Bonchev–Trinajstić information content (AvgIpc) is 2.36. The number of hydrogen-bond acceptors (Lipinski definition) is 3. The first-order valence-corrected chi connectivity index (χ1v) is 6.78. The Hall–Kier alpha value is -1.06. The van der Waals surface area contributed by atoms with E-state index in [1.165, 1.54) is 0 Å². The number of benzene rings is 1. The van der Waals surface area contributed by atoms with E-state index in [2.05, 4.69) is 18.9 Å². The van der Waals surface area contributed by atoms with Gasteiger partial charge in [0.15, 0.2) is 0 Å². The third kappa shape index (κ3) is 3.03. The number of nitrogens with zero attached hydrogens (tertiary/aromatic N) is 1. The molecule has 1 aromatic carbocycles. The molecule has 0 bridgehead atoms. The third-order valence-corrected chi connectivity index (χ3v) is 3.53. The highest BCUT2D eigenvalue weighted by Crippen LogP contribution is 2.31. The highest BCUT2D eigenvalue weighted by atomic mass is 16.5. The topological polar surface area (TPSA) is 32.7 Å². The van der Waals surface area contributed by atoms with E-state index in [1.54, 1.807) is 0 Å². The lowest BCUT2D eigenvalue weighted by atomic mass is 9.86. The summed E-state index contributed by atoms with van der Waals surface area (Å²) < 4.78 is 5.56. The zero-order valence-electron chi connectivity index (χ0n) is 11.4. The molecule has 1 aliphatic rings. The predicted octanol–water partition coefficient (Wildman–Crippen LogP) is 2.39. The highest BCUT2D eigenvalue weighted by Gasteiger charge is 2.33. The van der Waals surface area contributed by atoms with Crippen molar-refractivity contribution in [2.45, 2.75) is 31.8 Å². The molecule has 1 N–H and O–H groups in total. The van der Waals surface area contributed by atoms with Crippen LogP contribution >= 0.6 is 0 Å². The maximum absolute atomic E-state index is 10.7. The summed E-state index contributed by atoms with van der Waals surface area (Å²) in [5, 5.41) is 10.7. The predicted molar refractivity (Wildman–Crippen MR) is 72.9 cm³/mol. The number of hydrogen-bond donors (Lipinski definition) is 1. The van der Waals surface area contributed by atoms with E-state index in [0.29, 0.717) is 6.54 Å². The van der Waals surface area contributed by atoms with Gasteiger partial charge in [-0.25, -0.2) is 0 Å². The largest absolute Gasteiger partial charge is 0.494 e. The number of piperidine rings is 1. The second-order valence-electron chi connectivity index (χ2n) is 5.25. The Morgan fingerprint density at radius 1 is 1.33 bits per heavy atom. The monoisotopic (exact) mass is 249 g/mol. The summed E-state index contributed by atoms with van der Waals surface area (Å²) in [6, 6.07) is 7.89. The smallest absolute Gasteiger partial charge is 0.119 e. The van der Waals surface area contributed by atoms with Crippen LogP contribution < -0.4 is 4.74 Å². The van der Waals surface area contributed by atoms with Gasteiger partial charge in [-0.3, -0.25) is 0 Å². The SMILES string of the molecule is CCCOc1ccc(C2(O)CCCN(C)C2)cc1. The van der Waals surface area contributed by atoms with Crippen molar-refractivity contribution in [3.63, 3.8) is 0 Å². The molecular formula is C15H23NO2. The van der Waals surface area contributed by atoms with Crippen LogP contribution in [0.25, 0.3) is 0 Å². The lowest BCUT2D eigenvalue weighted by Gasteiger charge is -2.37. The fraction of sp³-hybridized carbons (Fsp3) is 0.600. The van der Waals surface area contributed by atoms with Gasteiger partial charge in [0.1, 0.15) is 11.4 Å². The van der Waals surface area contributed by atoms with Gasteiger partial charge in [0, 0.05) is 6.54 Å². The van der Waals surface area contributed by atoms with Crippen LogP contribution in [0.2, 0.25) is 0 Å². The Kier molecular flexibility index (Phi) is 4.25. The van der Waals surface area contributed by atoms with E-state index in [9.17, 15) is 5.11 Å². The summed E-state index contributed by atoms with van der Waals surface area (Å²) in [7, 11) is 2.06. The number of rotatable bonds is 4. The number of ether oxygens (including phenoxy) is 1. The Balaban J connectivity index is 2.08. The summed E-state index contributed by atoms with van der Waals surface area (Å²) >= 11 is 0. The third-order valence-electron chi connectivity index (χ3n) is 3.53. The van der Waals surface area contributed by atoms with Crippen molar-refractivity contribution >= 4 is 0 Å². The minimum Gasteiger partial charge on any atom is -0.494 e. The van der Waals surface area contributed by atoms with E-state index >= 15 is 0 Å². The lowest BCUT2D eigenvalue weighted by molar-refractivity contribution is -0.0278. The average molecular weight is 249 g/mol. The van der Waals surface area contributed by atoms with Gasteiger partial charge in [-0.1, -0.05) is 19.1 Å². The molecule has 1 heterocycles. The fourth-order valence-corrected chi connectivity index (χ4v) is 2.56. The molecule has 1 unspecified atom stereocenters. The van der Waals surface area contributed by atoms with Gasteiger partial charge in [-0.2, -0.15) is 0 Å². The summed E-state index contributed by atoms with van der Waals surface area (Å²) in [6.45, 7) is 4.61. The Morgan fingerprint density at radius 2 is 2.06 bits per heavy atom. The minimum absolute atomic E-state index is 0.698. The molecule has 2 rings (SSSR count). The van der Waals surface area contributed by atoms with Crippen LogP contribution in [0.1, 0.15) is 31.7 Å². The van der Waals surface area contributed by atoms with Crippen molar-refractivity contribution in [2.24, 2.45) is 0 Å². The second kappa shape index (κ2) is 5.72. The van der Waals surface area contributed by atoms with E-state index in [1.807, 2.05) is 24.3 Å². The van der Waals surface area contributed by atoms with Gasteiger partial charge in [-0.15, -0.1) is 0 Å². The van der Waals surface area contributed by atoms with Crippen molar-refractivity contribution in [3.8, 4) is 5.75 Å². The molecule has 0 radical (unpaired) electrons. The number of β-amino-alcohol motifs (C(OH)–C–C–N with tert-alkyl or cyclic N) is 1. The fourth-order valence-electron chi connectivity index (χ4n) is 2.56. The van der Waals surface area contributed by atoms with E-state index in [0.717, 1.165) is 43.7 Å². The van der Waals surface area contributed by atoms with E-state index in [-0.39, 0.29) is 0 Å². The number of likely N-dealkylation sites (N-methyl/N-ethyl adjacent to an activating group) is 1. The van der Waals surface area contributed by atoms with Crippen LogP contribution in [0, 0.1) is 0 Å². The van der Waals surface area contributed by atoms with Gasteiger partial charge in [-0.05, 0) is 50.6 Å². The summed E-state index contributed by atoms with van der Waals surface area (Å²) in [5.41, 5.74) is 0.300. The van der Waals surface area contributed by atoms with Gasteiger partial charge in [0.25, 0.3) is 0 Å². The first-order chi connectivity index (χ1) is 8.64. The maximum Gasteiger partial charge on any atom is 0.119 e. The number of likely N-dealkylation sites (tertiary alicyclic amines) is 1. The Bertz CT molecular complexity index is 377. The summed E-state index contributed by atoms with van der Waals surface area (Å²) in [4.78, 5) is 2.19.